The van der Waals surface area contributed by atoms with Crippen molar-refractivity contribution in [2.45, 2.75) is 0 Å². The number of rotatable bonds is 8. The van der Waals surface area contributed by atoms with Crippen molar-refractivity contribution >= 4 is 17.2 Å². The minimum Gasteiger partial charge on any atom is -0.475 e. The average molecular weight is 256 g/mol. The molecule has 6 heteroatoms. The molecule has 0 atom stereocenters. The van der Waals surface area contributed by atoms with E-state index in [9.17, 15) is 0 Å². The molecule has 0 saturated heterocycles. The molecule has 17 heavy (non-hydrogen) atoms. The van der Waals surface area contributed by atoms with Crippen LogP contribution in [0.1, 0.15) is 5.69 Å². The number of nitrogens with two attached hydrogens (primary N) is 1. The second-order valence-electron chi connectivity index (χ2n) is 3.18. The summed E-state index contributed by atoms with van der Waals surface area (Å²) in [5.74, 6) is 0.491. The largest absolute Gasteiger partial charge is 0.475 e. The fourth-order valence-corrected chi connectivity index (χ4v) is 1.20. The van der Waals surface area contributed by atoms with E-state index in [0.717, 1.165) is 0 Å². The molecule has 1 rings (SSSR count). The molecule has 2 N–H and O–H groups in total. The summed E-state index contributed by atoms with van der Waals surface area (Å²) in [5, 5.41) is 0. The summed E-state index contributed by atoms with van der Waals surface area (Å²) in [5.41, 5.74) is 6.02. The lowest BCUT2D eigenvalue weighted by atomic mass is 10.3. The van der Waals surface area contributed by atoms with Crippen LogP contribution in [0.15, 0.2) is 18.2 Å². The zero-order valence-corrected chi connectivity index (χ0v) is 10.5. The zero-order chi connectivity index (χ0) is 12.5. The minimum absolute atomic E-state index is 0.256. The van der Waals surface area contributed by atoms with Crippen LogP contribution in [0.2, 0.25) is 0 Å². The first kappa shape index (κ1) is 13.8. The summed E-state index contributed by atoms with van der Waals surface area (Å²) in [7, 11) is 1.63. The van der Waals surface area contributed by atoms with Gasteiger partial charge in [-0.25, -0.2) is 4.98 Å². The Balaban J connectivity index is 2.27. The van der Waals surface area contributed by atoms with Crippen LogP contribution in [0.3, 0.4) is 0 Å². The fourth-order valence-electron chi connectivity index (χ4n) is 1.08. The first-order chi connectivity index (χ1) is 8.24. The van der Waals surface area contributed by atoms with Crippen LogP contribution in [0.5, 0.6) is 5.88 Å². The summed E-state index contributed by atoms with van der Waals surface area (Å²) < 4.78 is 15.5. The first-order valence-corrected chi connectivity index (χ1v) is 5.61. The monoisotopic (exact) mass is 256 g/mol. The van der Waals surface area contributed by atoms with Gasteiger partial charge in [0, 0.05) is 13.2 Å². The molecule has 0 aromatic carbocycles. The Morgan fingerprint density at radius 3 is 2.76 bits per heavy atom. The highest BCUT2D eigenvalue weighted by atomic mass is 32.1. The van der Waals surface area contributed by atoms with E-state index in [1.165, 1.54) is 0 Å². The van der Waals surface area contributed by atoms with Gasteiger partial charge >= 0.3 is 0 Å². The highest BCUT2D eigenvalue weighted by Crippen LogP contribution is 2.07. The summed E-state index contributed by atoms with van der Waals surface area (Å²) in [6.45, 7) is 2.05. The van der Waals surface area contributed by atoms with Crippen LogP contribution in [-0.4, -0.2) is 43.5 Å². The third-order valence-electron chi connectivity index (χ3n) is 1.89. The van der Waals surface area contributed by atoms with E-state index >= 15 is 0 Å². The number of hydrogen-bond donors (Lipinski definition) is 1. The lowest BCUT2D eigenvalue weighted by Crippen LogP contribution is -2.13. The van der Waals surface area contributed by atoms with Gasteiger partial charge < -0.3 is 19.9 Å². The van der Waals surface area contributed by atoms with Gasteiger partial charge in [0.15, 0.2) is 0 Å². The van der Waals surface area contributed by atoms with Gasteiger partial charge in [-0.1, -0.05) is 18.3 Å². The van der Waals surface area contributed by atoms with Crippen LogP contribution in [0.4, 0.5) is 0 Å². The predicted molar refractivity (Wildman–Crippen MR) is 68.3 cm³/mol. The Kier molecular flexibility index (Phi) is 6.46. The third kappa shape index (κ3) is 5.58. The minimum atomic E-state index is 0.256. The summed E-state index contributed by atoms with van der Waals surface area (Å²) in [4.78, 5) is 4.39. The standard InChI is InChI=1S/C11H16N2O3S/c1-14-5-6-15-7-8-16-10-4-2-3-9(13-10)11(12)17/h2-4H,5-8H2,1H3,(H2,12,17). The van der Waals surface area contributed by atoms with Crippen molar-refractivity contribution in [1.29, 1.82) is 0 Å². The molecule has 1 aromatic heterocycles. The van der Waals surface area contributed by atoms with E-state index in [-0.39, 0.29) is 4.99 Å². The highest BCUT2D eigenvalue weighted by molar-refractivity contribution is 7.80. The number of hydrogen-bond acceptors (Lipinski definition) is 5. The maximum Gasteiger partial charge on any atom is 0.213 e. The van der Waals surface area contributed by atoms with Crippen molar-refractivity contribution in [2.24, 2.45) is 5.73 Å². The molecule has 1 heterocycles. The molecule has 0 radical (unpaired) electrons. The van der Waals surface area contributed by atoms with E-state index in [1.807, 2.05) is 0 Å². The molecule has 0 aliphatic rings. The zero-order valence-electron chi connectivity index (χ0n) is 9.72. The fraction of sp³-hybridized carbons (Fsp3) is 0.455. The van der Waals surface area contributed by atoms with Gasteiger partial charge in [0.1, 0.15) is 17.3 Å². The number of methoxy groups -OCH3 is 1. The first-order valence-electron chi connectivity index (χ1n) is 5.20. The number of pyridine rings is 1. The Bertz CT molecular complexity index is 360. The van der Waals surface area contributed by atoms with Crippen LogP contribution < -0.4 is 10.5 Å². The Hall–Kier alpha value is -1.24. The summed E-state index contributed by atoms with van der Waals surface area (Å²) in [6, 6.07) is 5.28. The van der Waals surface area contributed by atoms with Gasteiger partial charge in [0.25, 0.3) is 0 Å². The van der Waals surface area contributed by atoms with Gasteiger partial charge in [-0.05, 0) is 6.07 Å². The molecule has 5 nitrogen and oxygen atoms in total. The van der Waals surface area contributed by atoms with Crippen LogP contribution in [0, 0.1) is 0 Å². The van der Waals surface area contributed by atoms with Gasteiger partial charge in [-0.2, -0.15) is 0 Å². The molecular weight excluding hydrogens is 240 g/mol. The van der Waals surface area contributed by atoms with Crippen LogP contribution in [0.25, 0.3) is 0 Å². The molecule has 0 fully saturated rings. The van der Waals surface area contributed by atoms with Crippen molar-refractivity contribution in [1.82, 2.24) is 4.98 Å². The molecule has 0 bridgehead atoms. The van der Waals surface area contributed by atoms with Crippen molar-refractivity contribution in [3.63, 3.8) is 0 Å². The maximum absolute atomic E-state index is 5.47. The summed E-state index contributed by atoms with van der Waals surface area (Å²) >= 11 is 4.83. The van der Waals surface area contributed by atoms with E-state index < -0.39 is 0 Å². The van der Waals surface area contributed by atoms with E-state index in [0.29, 0.717) is 38.0 Å². The Labute approximate surface area is 106 Å². The molecule has 1 aromatic rings. The number of thiocarbonyl (C=S) groups is 1. The average Bonchev–Trinajstić information content (AvgIpc) is 2.34. The molecular formula is C11H16N2O3S. The predicted octanol–water partition coefficient (Wildman–Crippen LogP) is 0.758. The van der Waals surface area contributed by atoms with Crippen molar-refractivity contribution in [3.8, 4) is 5.88 Å². The Morgan fingerprint density at radius 2 is 2.06 bits per heavy atom. The molecule has 0 aliphatic heterocycles. The maximum atomic E-state index is 5.47. The highest BCUT2D eigenvalue weighted by Gasteiger charge is 2.00. The van der Waals surface area contributed by atoms with Crippen molar-refractivity contribution < 1.29 is 14.2 Å². The molecule has 0 spiro atoms. The third-order valence-corrected chi connectivity index (χ3v) is 2.09. The topological polar surface area (TPSA) is 66.6 Å². The lowest BCUT2D eigenvalue weighted by molar-refractivity contribution is 0.0537. The molecule has 94 valence electrons. The van der Waals surface area contributed by atoms with E-state index in [2.05, 4.69) is 4.98 Å². The SMILES string of the molecule is COCCOCCOc1cccc(C(N)=S)n1. The van der Waals surface area contributed by atoms with Crippen LogP contribution in [-0.2, 0) is 9.47 Å². The van der Waals surface area contributed by atoms with Crippen molar-refractivity contribution in [2.75, 3.05) is 33.5 Å². The van der Waals surface area contributed by atoms with E-state index in [4.69, 9.17) is 32.2 Å². The van der Waals surface area contributed by atoms with Gasteiger partial charge in [0.05, 0.1) is 19.8 Å². The second kappa shape index (κ2) is 7.94. The van der Waals surface area contributed by atoms with Gasteiger partial charge in [-0.3, -0.25) is 0 Å². The molecule has 0 aliphatic carbocycles. The molecule has 0 saturated carbocycles. The molecule has 0 unspecified atom stereocenters. The van der Waals surface area contributed by atoms with Gasteiger partial charge in [0.2, 0.25) is 5.88 Å². The summed E-state index contributed by atoms with van der Waals surface area (Å²) in [6.07, 6.45) is 0. The smallest absolute Gasteiger partial charge is 0.213 e. The quantitative estimate of drug-likeness (QED) is 0.547. The number of nitrogens with zero attached hydrogens (tertiary/aromatic N) is 1. The Morgan fingerprint density at radius 1 is 1.29 bits per heavy atom. The molecule has 0 amide bonds. The van der Waals surface area contributed by atoms with E-state index in [1.54, 1.807) is 25.3 Å². The number of ether oxygens (including phenoxy) is 3. The lowest BCUT2D eigenvalue weighted by Gasteiger charge is -2.07. The normalized spacial score (nSPS) is 10.2. The number of aromatic nitrogens is 1. The van der Waals surface area contributed by atoms with Crippen LogP contribution >= 0.6 is 12.2 Å². The second-order valence-corrected chi connectivity index (χ2v) is 3.62. The van der Waals surface area contributed by atoms with Gasteiger partial charge in [-0.15, -0.1) is 0 Å². The van der Waals surface area contributed by atoms with Crippen molar-refractivity contribution in [3.05, 3.63) is 23.9 Å².